The van der Waals surface area contributed by atoms with Crippen molar-refractivity contribution in [1.82, 2.24) is 15.3 Å². The molecule has 0 aliphatic carbocycles. The van der Waals surface area contributed by atoms with Gasteiger partial charge < -0.3 is 25.8 Å². The van der Waals surface area contributed by atoms with Crippen LogP contribution in [0.1, 0.15) is 13.8 Å². The highest BCUT2D eigenvalue weighted by atomic mass is 35.5. The van der Waals surface area contributed by atoms with Crippen molar-refractivity contribution in [3.63, 3.8) is 0 Å². The molecule has 8 nitrogen and oxygen atoms in total. The zero-order valence-corrected chi connectivity index (χ0v) is 17.0. The normalized spacial score (nSPS) is 11.4. The van der Waals surface area contributed by atoms with Gasteiger partial charge in [0.05, 0.1) is 29.9 Å². The number of benzene rings is 1. The van der Waals surface area contributed by atoms with E-state index in [0.29, 0.717) is 17.3 Å². The standard InChI is InChI=1S/C18H21N5O3.2ClH/c1-10(2)16(19)18(25)20-9-15(24)21-11-5-6-12-13(8-11)23-17(22-12)14-4-3-7-26-14;;/h3-8,10,16H,9,19H2,1-2H3,(H,20,25)(H,21,24)(H,22,23);2*1H/t16-;;/m0../s1. The van der Waals surface area contributed by atoms with Crippen LogP contribution >= 0.6 is 24.8 Å². The van der Waals surface area contributed by atoms with Gasteiger partial charge in [0.2, 0.25) is 11.8 Å². The minimum absolute atomic E-state index is 0. The summed E-state index contributed by atoms with van der Waals surface area (Å²) in [5.74, 6) is 0.574. The number of anilines is 1. The number of H-pyrrole nitrogens is 1. The number of halogens is 2. The molecule has 2 aromatic heterocycles. The average Bonchev–Trinajstić information content (AvgIpc) is 3.27. The van der Waals surface area contributed by atoms with E-state index in [0.717, 1.165) is 11.0 Å². The van der Waals surface area contributed by atoms with E-state index < -0.39 is 6.04 Å². The van der Waals surface area contributed by atoms with E-state index in [1.165, 1.54) is 0 Å². The number of nitrogens with zero attached hydrogens (tertiary/aromatic N) is 1. The second kappa shape index (κ2) is 10.1. The molecular formula is C18H23Cl2N5O3. The highest BCUT2D eigenvalue weighted by molar-refractivity contribution is 5.96. The molecule has 0 aliphatic heterocycles. The van der Waals surface area contributed by atoms with E-state index in [9.17, 15) is 9.59 Å². The molecule has 0 saturated heterocycles. The molecule has 0 fully saturated rings. The van der Waals surface area contributed by atoms with E-state index in [2.05, 4.69) is 20.6 Å². The van der Waals surface area contributed by atoms with E-state index >= 15 is 0 Å². The lowest BCUT2D eigenvalue weighted by atomic mass is 10.1. The maximum atomic E-state index is 12.0. The van der Waals surface area contributed by atoms with E-state index in [-0.39, 0.29) is 49.1 Å². The van der Waals surface area contributed by atoms with Crippen LogP contribution in [-0.2, 0) is 9.59 Å². The number of nitrogens with one attached hydrogen (secondary N) is 3. The summed E-state index contributed by atoms with van der Waals surface area (Å²) < 4.78 is 5.32. The van der Waals surface area contributed by atoms with Gasteiger partial charge in [-0.15, -0.1) is 24.8 Å². The van der Waals surface area contributed by atoms with E-state index in [4.69, 9.17) is 10.2 Å². The molecule has 0 unspecified atom stereocenters. The van der Waals surface area contributed by atoms with Crippen molar-refractivity contribution in [3.8, 4) is 11.6 Å². The van der Waals surface area contributed by atoms with Crippen LogP contribution in [0.15, 0.2) is 41.0 Å². The van der Waals surface area contributed by atoms with Gasteiger partial charge in [0.1, 0.15) is 0 Å². The molecule has 5 N–H and O–H groups in total. The number of amides is 2. The Balaban J connectivity index is 0.00000196. The molecule has 3 aromatic rings. The monoisotopic (exact) mass is 427 g/mol. The molecule has 0 spiro atoms. The number of fused-ring (bicyclic) bond motifs is 1. The molecule has 10 heteroatoms. The van der Waals surface area contributed by atoms with Crippen LogP contribution in [0.3, 0.4) is 0 Å². The topological polar surface area (TPSA) is 126 Å². The van der Waals surface area contributed by atoms with Crippen molar-refractivity contribution in [2.24, 2.45) is 11.7 Å². The van der Waals surface area contributed by atoms with Crippen LogP contribution in [0, 0.1) is 5.92 Å². The van der Waals surface area contributed by atoms with Crippen LogP contribution in [0.2, 0.25) is 0 Å². The summed E-state index contributed by atoms with van der Waals surface area (Å²) in [7, 11) is 0. The third-order valence-corrected chi connectivity index (χ3v) is 3.96. The SMILES string of the molecule is CC(C)[C@H](N)C(=O)NCC(=O)Nc1ccc2nc(-c3ccco3)[nH]c2c1.Cl.Cl. The third-order valence-electron chi connectivity index (χ3n) is 3.96. The maximum absolute atomic E-state index is 12.0. The summed E-state index contributed by atoms with van der Waals surface area (Å²) in [4.78, 5) is 31.4. The Hall–Kier alpha value is -2.55. The third kappa shape index (κ3) is 5.48. The Kier molecular flexibility index (Phi) is 8.49. The van der Waals surface area contributed by atoms with Crippen molar-refractivity contribution in [1.29, 1.82) is 0 Å². The smallest absolute Gasteiger partial charge is 0.243 e. The number of nitrogens with two attached hydrogens (primary N) is 1. The van der Waals surface area contributed by atoms with E-state index in [1.807, 2.05) is 19.9 Å². The first-order valence-corrected chi connectivity index (χ1v) is 8.31. The lowest BCUT2D eigenvalue weighted by Crippen LogP contribution is -2.46. The minimum atomic E-state index is -0.635. The molecule has 0 saturated carbocycles. The fraction of sp³-hybridized carbons (Fsp3) is 0.278. The molecule has 0 radical (unpaired) electrons. The lowest BCUT2D eigenvalue weighted by molar-refractivity contribution is -0.125. The Morgan fingerprint density at radius 3 is 2.64 bits per heavy atom. The van der Waals surface area contributed by atoms with Gasteiger partial charge in [0.15, 0.2) is 11.6 Å². The van der Waals surface area contributed by atoms with Gasteiger partial charge in [-0.3, -0.25) is 9.59 Å². The van der Waals surface area contributed by atoms with Gasteiger partial charge in [-0.05, 0) is 36.2 Å². The number of hydrogen-bond acceptors (Lipinski definition) is 5. The highest BCUT2D eigenvalue weighted by Gasteiger charge is 2.17. The van der Waals surface area contributed by atoms with Crippen molar-refractivity contribution in [2.45, 2.75) is 19.9 Å². The summed E-state index contributed by atoms with van der Waals surface area (Å²) in [5.41, 5.74) is 7.86. The summed E-state index contributed by atoms with van der Waals surface area (Å²) in [6.07, 6.45) is 1.58. The number of aromatic amines is 1. The second-order valence-electron chi connectivity index (χ2n) is 6.33. The quantitative estimate of drug-likeness (QED) is 0.480. The van der Waals surface area contributed by atoms with Gasteiger partial charge in [-0.1, -0.05) is 13.8 Å². The number of aromatic nitrogens is 2. The molecule has 2 heterocycles. The summed E-state index contributed by atoms with van der Waals surface area (Å²) in [6, 6.07) is 8.27. The Labute approximate surface area is 174 Å². The van der Waals surface area contributed by atoms with Crippen molar-refractivity contribution in [3.05, 3.63) is 36.6 Å². The molecule has 0 aliphatic rings. The Bertz CT molecular complexity index is 925. The molecule has 28 heavy (non-hydrogen) atoms. The van der Waals surface area contributed by atoms with Crippen molar-refractivity contribution < 1.29 is 14.0 Å². The van der Waals surface area contributed by atoms with Crippen LogP contribution in [0.4, 0.5) is 5.69 Å². The van der Waals surface area contributed by atoms with Gasteiger partial charge in [-0.25, -0.2) is 4.98 Å². The van der Waals surface area contributed by atoms with Crippen LogP contribution in [-0.4, -0.2) is 34.4 Å². The van der Waals surface area contributed by atoms with Crippen LogP contribution < -0.4 is 16.4 Å². The van der Waals surface area contributed by atoms with Gasteiger partial charge in [0, 0.05) is 5.69 Å². The van der Waals surface area contributed by atoms with E-state index in [1.54, 1.807) is 30.5 Å². The number of carbonyl (C=O) groups is 2. The first-order chi connectivity index (χ1) is 12.4. The lowest BCUT2D eigenvalue weighted by Gasteiger charge is -2.15. The molecule has 3 rings (SSSR count). The van der Waals surface area contributed by atoms with Gasteiger partial charge in [-0.2, -0.15) is 0 Å². The zero-order valence-electron chi connectivity index (χ0n) is 15.4. The number of imidazole rings is 1. The molecule has 152 valence electrons. The number of hydrogen-bond donors (Lipinski definition) is 4. The summed E-state index contributed by atoms with van der Waals surface area (Å²) in [6.45, 7) is 3.56. The van der Waals surface area contributed by atoms with Crippen molar-refractivity contribution >= 4 is 53.3 Å². The maximum Gasteiger partial charge on any atom is 0.243 e. The summed E-state index contributed by atoms with van der Waals surface area (Å²) >= 11 is 0. The summed E-state index contributed by atoms with van der Waals surface area (Å²) in [5, 5.41) is 5.27. The predicted octanol–water partition coefficient (Wildman–Crippen LogP) is 2.70. The number of carbonyl (C=O) groups excluding carboxylic acids is 2. The van der Waals surface area contributed by atoms with Gasteiger partial charge in [0.25, 0.3) is 0 Å². The molecular weight excluding hydrogens is 405 g/mol. The number of rotatable bonds is 6. The highest BCUT2D eigenvalue weighted by Crippen LogP contribution is 2.23. The van der Waals surface area contributed by atoms with Crippen molar-refractivity contribution in [2.75, 3.05) is 11.9 Å². The van der Waals surface area contributed by atoms with Crippen LogP contribution in [0.5, 0.6) is 0 Å². The molecule has 0 bridgehead atoms. The minimum Gasteiger partial charge on any atom is -0.461 e. The largest absolute Gasteiger partial charge is 0.461 e. The Morgan fingerprint density at radius 2 is 2.00 bits per heavy atom. The second-order valence-corrected chi connectivity index (χ2v) is 6.33. The van der Waals surface area contributed by atoms with Gasteiger partial charge >= 0.3 is 0 Å². The zero-order chi connectivity index (χ0) is 18.7. The Morgan fingerprint density at radius 1 is 1.25 bits per heavy atom. The fourth-order valence-electron chi connectivity index (χ4n) is 2.41. The predicted molar refractivity (Wildman–Crippen MR) is 113 cm³/mol. The van der Waals surface area contributed by atoms with Crippen LogP contribution in [0.25, 0.3) is 22.6 Å². The molecule has 1 aromatic carbocycles. The average molecular weight is 428 g/mol. The first kappa shape index (κ1) is 23.5. The molecule has 2 amide bonds. The number of furan rings is 1. The molecule has 1 atom stereocenters. The fourth-order valence-corrected chi connectivity index (χ4v) is 2.41. The first-order valence-electron chi connectivity index (χ1n) is 8.31.